The van der Waals surface area contributed by atoms with Crippen molar-refractivity contribution in [3.8, 4) is 0 Å². The van der Waals surface area contributed by atoms with Crippen LogP contribution in [-0.4, -0.2) is 10.7 Å². The molecule has 0 spiro atoms. The average Bonchev–Trinajstić information content (AvgIpc) is 2.33. The molecule has 62 valence electrons. The van der Waals surface area contributed by atoms with Crippen LogP contribution in [-0.2, 0) is 0 Å². The molecule has 0 bridgehead atoms. The van der Waals surface area contributed by atoms with Crippen molar-refractivity contribution in [2.75, 3.05) is 0 Å². The van der Waals surface area contributed by atoms with Gasteiger partial charge in [0, 0.05) is 0 Å². The standard InChI is InChI=1S/C10H16O/c1-9(2)5-8-10(11)6-3-4-7-10/h8,11H,3-4,6-7H2,1-2H3. The van der Waals surface area contributed by atoms with Crippen LogP contribution < -0.4 is 0 Å². The van der Waals surface area contributed by atoms with Crippen LogP contribution in [0.5, 0.6) is 0 Å². The van der Waals surface area contributed by atoms with Gasteiger partial charge in [0.15, 0.2) is 0 Å². The summed E-state index contributed by atoms with van der Waals surface area (Å²) in [5.41, 5.74) is 3.67. The summed E-state index contributed by atoms with van der Waals surface area (Å²) in [6.07, 6.45) is 5.95. The number of aliphatic hydroxyl groups is 1. The van der Waals surface area contributed by atoms with Gasteiger partial charge in [0.05, 0.1) is 5.60 Å². The third-order valence-electron chi connectivity index (χ3n) is 2.10. The van der Waals surface area contributed by atoms with Crippen molar-refractivity contribution in [1.29, 1.82) is 0 Å². The van der Waals surface area contributed by atoms with E-state index in [1.807, 2.05) is 19.9 Å². The van der Waals surface area contributed by atoms with Gasteiger partial charge in [-0.3, -0.25) is 0 Å². The molecule has 0 amide bonds. The second kappa shape index (κ2) is 3.25. The van der Waals surface area contributed by atoms with Gasteiger partial charge in [-0.25, -0.2) is 0 Å². The van der Waals surface area contributed by atoms with Crippen LogP contribution >= 0.6 is 0 Å². The Bertz CT molecular complexity index is 187. The van der Waals surface area contributed by atoms with Crippen LogP contribution in [0.4, 0.5) is 0 Å². The molecule has 1 saturated carbocycles. The molecule has 1 aliphatic carbocycles. The van der Waals surface area contributed by atoms with E-state index >= 15 is 0 Å². The monoisotopic (exact) mass is 152 g/mol. The molecular formula is C10H16O. The Kier molecular flexibility index (Phi) is 2.53. The lowest BCUT2D eigenvalue weighted by Crippen LogP contribution is -2.19. The first kappa shape index (κ1) is 8.58. The zero-order chi connectivity index (χ0) is 8.32. The molecule has 1 rings (SSSR count). The van der Waals surface area contributed by atoms with Crippen molar-refractivity contribution in [3.63, 3.8) is 0 Å². The highest BCUT2D eigenvalue weighted by Crippen LogP contribution is 2.30. The summed E-state index contributed by atoms with van der Waals surface area (Å²) in [6.45, 7) is 3.99. The van der Waals surface area contributed by atoms with Gasteiger partial charge >= 0.3 is 0 Å². The van der Waals surface area contributed by atoms with E-state index in [1.54, 1.807) is 0 Å². The Hall–Kier alpha value is -0.520. The van der Waals surface area contributed by atoms with Gasteiger partial charge in [-0.2, -0.15) is 0 Å². The molecule has 1 N–H and O–H groups in total. The van der Waals surface area contributed by atoms with Crippen LogP contribution in [0.25, 0.3) is 0 Å². The van der Waals surface area contributed by atoms with Crippen molar-refractivity contribution in [2.24, 2.45) is 0 Å². The SMILES string of the molecule is CC(C)=C=CC1(O)CCCC1. The minimum Gasteiger partial charge on any atom is -0.385 e. The summed E-state index contributed by atoms with van der Waals surface area (Å²) in [5.74, 6) is 0. The van der Waals surface area contributed by atoms with Gasteiger partial charge in [-0.15, -0.1) is 5.73 Å². The minimum absolute atomic E-state index is 0.530. The Morgan fingerprint density at radius 3 is 2.36 bits per heavy atom. The Balaban J connectivity index is 2.67. The highest BCUT2D eigenvalue weighted by Gasteiger charge is 2.27. The molecule has 0 aliphatic heterocycles. The minimum atomic E-state index is -0.530. The average molecular weight is 152 g/mol. The summed E-state index contributed by atoms with van der Waals surface area (Å²) >= 11 is 0. The third kappa shape index (κ3) is 2.53. The van der Waals surface area contributed by atoms with Crippen LogP contribution in [0.3, 0.4) is 0 Å². The van der Waals surface area contributed by atoms with Gasteiger partial charge in [0.25, 0.3) is 0 Å². The molecule has 0 atom stereocenters. The molecule has 0 unspecified atom stereocenters. The Morgan fingerprint density at radius 1 is 1.36 bits per heavy atom. The topological polar surface area (TPSA) is 20.2 Å². The molecule has 1 fully saturated rings. The second-order valence-electron chi connectivity index (χ2n) is 3.60. The third-order valence-corrected chi connectivity index (χ3v) is 2.10. The first-order valence-corrected chi connectivity index (χ1v) is 4.26. The van der Waals surface area contributed by atoms with E-state index in [0.717, 1.165) is 31.3 Å². The fourth-order valence-corrected chi connectivity index (χ4v) is 1.41. The molecule has 0 heterocycles. The second-order valence-corrected chi connectivity index (χ2v) is 3.60. The Labute approximate surface area is 68.4 Å². The lowest BCUT2D eigenvalue weighted by atomic mass is 10.0. The van der Waals surface area contributed by atoms with Gasteiger partial charge in [0.1, 0.15) is 0 Å². The first-order chi connectivity index (χ1) is 5.12. The lowest BCUT2D eigenvalue weighted by Gasteiger charge is -2.14. The van der Waals surface area contributed by atoms with Gasteiger partial charge < -0.3 is 5.11 Å². The van der Waals surface area contributed by atoms with Crippen LogP contribution in [0.1, 0.15) is 39.5 Å². The maximum Gasteiger partial charge on any atom is 0.0901 e. The molecular weight excluding hydrogens is 136 g/mol. The largest absolute Gasteiger partial charge is 0.385 e. The summed E-state index contributed by atoms with van der Waals surface area (Å²) < 4.78 is 0. The zero-order valence-electron chi connectivity index (χ0n) is 7.35. The van der Waals surface area contributed by atoms with Gasteiger partial charge in [-0.05, 0) is 38.3 Å². The van der Waals surface area contributed by atoms with Crippen molar-refractivity contribution < 1.29 is 5.11 Å². The lowest BCUT2D eigenvalue weighted by molar-refractivity contribution is 0.0994. The maximum absolute atomic E-state index is 9.81. The highest BCUT2D eigenvalue weighted by atomic mass is 16.3. The van der Waals surface area contributed by atoms with E-state index in [-0.39, 0.29) is 0 Å². The molecule has 0 aromatic carbocycles. The molecule has 0 aromatic rings. The molecule has 1 heteroatoms. The van der Waals surface area contributed by atoms with Gasteiger partial charge in [0.2, 0.25) is 0 Å². The summed E-state index contributed by atoms with van der Waals surface area (Å²) in [6, 6.07) is 0. The van der Waals surface area contributed by atoms with Crippen LogP contribution in [0.15, 0.2) is 17.4 Å². The fourth-order valence-electron chi connectivity index (χ4n) is 1.41. The van der Waals surface area contributed by atoms with E-state index < -0.39 is 5.60 Å². The molecule has 1 aliphatic rings. The van der Waals surface area contributed by atoms with Crippen LogP contribution in [0, 0.1) is 0 Å². The number of rotatable bonds is 1. The first-order valence-electron chi connectivity index (χ1n) is 4.26. The van der Waals surface area contributed by atoms with Crippen LogP contribution in [0.2, 0.25) is 0 Å². The molecule has 0 aromatic heterocycles. The van der Waals surface area contributed by atoms with E-state index in [4.69, 9.17) is 0 Å². The summed E-state index contributed by atoms with van der Waals surface area (Å²) in [4.78, 5) is 0. The fraction of sp³-hybridized carbons (Fsp3) is 0.700. The molecule has 1 nitrogen and oxygen atoms in total. The summed E-state index contributed by atoms with van der Waals surface area (Å²) in [7, 11) is 0. The van der Waals surface area contributed by atoms with Crippen molar-refractivity contribution in [1.82, 2.24) is 0 Å². The van der Waals surface area contributed by atoms with Crippen molar-refractivity contribution in [2.45, 2.75) is 45.1 Å². The van der Waals surface area contributed by atoms with E-state index in [1.165, 1.54) is 0 Å². The molecule has 0 saturated heterocycles. The van der Waals surface area contributed by atoms with E-state index in [2.05, 4.69) is 5.73 Å². The summed E-state index contributed by atoms with van der Waals surface area (Å²) in [5, 5.41) is 9.81. The van der Waals surface area contributed by atoms with E-state index in [9.17, 15) is 5.11 Å². The quantitative estimate of drug-likeness (QED) is 0.572. The maximum atomic E-state index is 9.81. The van der Waals surface area contributed by atoms with Crippen molar-refractivity contribution in [3.05, 3.63) is 17.4 Å². The highest BCUT2D eigenvalue weighted by molar-refractivity contribution is 5.06. The van der Waals surface area contributed by atoms with E-state index in [0.29, 0.717) is 0 Å². The number of hydrogen-bond donors (Lipinski definition) is 1. The molecule has 0 radical (unpaired) electrons. The number of hydrogen-bond acceptors (Lipinski definition) is 1. The van der Waals surface area contributed by atoms with Crippen molar-refractivity contribution >= 4 is 0 Å². The Morgan fingerprint density at radius 2 is 1.91 bits per heavy atom. The predicted octanol–water partition coefficient (Wildman–Crippen LogP) is 2.41. The normalized spacial score (nSPS) is 21.0. The predicted molar refractivity (Wildman–Crippen MR) is 46.4 cm³/mol. The zero-order valence-corrected chi connectivity index (χ0v) is 7.35. The molecule has 11 heavy (non-hydrogen) atoms. The smallest absolute Gasteiger partial charge is 0.0901 e. The van der Waals surface area contributed by atoms with Gasteiger partial charge in [-0.1, -0.05) is 12.8 Å².